The Morgan fingerprint density at radius 2 is 1.82 bits per heavy atom. The van der Waals surface area contributed by atoms with E-state index in [1.165, 1.54) is 0 Å². The van der Waals surface area contributed by atoms with Crippen molar-refractivity contribution in [3.63, 3.8) is 0 Å². The Morgan fingerprint density at radius 3 is 2.55 bits per heavy atom. The number of rotatable bonds is 3. The van der Waals surface area contributed by atoms with Gasteiger partial charge in [0, 0.05) is 6.26 Å². The second-order valence-corrected chi connectivity index (χ2v) is 6.92. The number of nitrogens with zero attached hydrogens (tertiary/aromatic N) is 3. The number of fused-ring (bicyclic) bond motifs is 1. The van der Waals surface area contributed by atoms with Gasteiger partial charge in [-0.2, -0.15) is 5.26 Å². The highest BCUT2D eigenvalue weighted by Crippen LogP contribution is 2.22. The van der Waals surface area contributed by atoms with Gasteiger partial charge in [0.25, 0.3) is 0 Å². The minimum Gasteiger partial charge on any atom is -0.310 e. The molecule has 22 heavy (non-hydrogen) atoms. The van der Waals surface area contributed by atoms with Gasteiger partial charge in [0.1, 0.15) is 0 Å². The normalized spacial score (nSPS) is 11.5. The van der Waals surface area contributed by atoms with E-state index in [1.54, 1.807) is 22.8 Å². The fraction of sp³-hybridized carbons (Fsp3) is 0.125. The Bertz CT molecular complexity index is 998. The van der Waals surface area contributed by atoms with E-state index in [1.807, 2.05) is 30.3 Å². The molecule has 3 rings (SSSR count). The monoisotopic (exact) mass is 311 g/mol. The average Bonchev–Trinajstić information content (AvgIpc) is 2.87. The first-order valence-electron chi connectivity index (χ1n) is 6.64. The Kier molecular flexibility index (Phi) is 3.43. The van der Waals surface area contributed by atoms with E-state index in [0.29, 0.717) is 11.1 Å². The lowest BCUT2D eigenvalue weighted by Crippen LogP contribution is -2.11. The maximum atomic E-state index is 12.0. The van der Waals surface area contributed by atoms with Crippen LogP contribution in [-0.2, 0) is 16.4 Å². The molecule has 0 radical (unpaired) electrons. The summed E-state index contributed by atoms with van der Waals surface area (Å²) in [4.78, 5) is 4.23. The third kappa shape index (κ3) is 2.47. The Hall–Kier alpha value is -2.65. The van der Waals surface area contributed by atoms with Gasteiger partial charge in [-0.05, 0) is 23.8 Å². The van der Waals surface area contributed by atoms with Crippen molar-refractivity contribution in [1.82, 2.24) is 9.55 Å². The zero-order chi connectivity index (χ0) is 15.7. The van der Waals surface area contributed by atoms with Crippen LogP contribution in [0.1, 0.15) is 11.1 Å². The highest BCUT2D eigenvalue weighted by Gasteiger charge is 2.19. The second-order valence-electron chi connectivity index (χ2n) is 5.01. The molecular weight excluding hydrogens is 298 g/mol. The van der Waals surface area contributed by atoms with Gasteiger partial charge in [0.05, 0.1) is 29.2 Å². The summed E-state index contributed by atoms with van der Waals surface area (Å²) in [7, 11) is -3.47. The van der Waals surface area contributed by atoms with Crippen LogP contribution < -0.4 is 0 Å². The lowest BCUT2D eigenvalue weighted by Gasteiger charge is -2.09. The van der Waals surface area contributed by atoms with Gasteiger partial charge >= 0.3 is 0 Å². The van der Waals surface area contributed by atoms with Gasteiger partial charge in [-0.1, -0.05) is 30.3 Å². The zero-order valence-corrected chi connectivity index (χ0v) is 12.7. The number of hydrogen-bond acceptors (Lipinski definition) is 4. The summed E-state index contributed by atoms with van der Waals surface area (Å²) in [6.07, 6.45) is 1.14. The largest absolute Gasteiger partial charge is 0.310 e. The first-order chi connectivity index (χ1) is 10.5. The molecule has 0 N–H and O–H groups in total. The molecule has 6 heteroatoms. The summed E-state index contributed by atoms with van der Waals surface area (Å²) in [5.41, 5.74) is 2.64. The predicted molar refractivity (Wildman–Crippen MR) is 83.1 cm³/mol. The number of imidazole rings is 1. The number of hydrogen-bond donors (Lipinski definition) is 0. The molecule has 0 aliphatic carbocycles. The van der Waals surface area contributed by atoms with Crippen LogP contribution in [0.2, 0.25) is 0 Å². The number of aromatic nitrogens is 2. The topological polar surface area (TPSA) is 75.8 Å². The molecule has 0 spiro atoms. The summed E-state index contributed by atoms with van der Waals surface area (Å²) in [6, 6.07) is 16.5. The third-order valence-electron chi connectivity index (χ3n) is 3.42. The van der Waals surface area contributed by atoms with Crippen molar-refractivity contribution in [2.75, 3.05) is 6.26 Å². The summed E-state index contributed by atoms with van der Waals surface area (Å²) < 4.78 is 25.7. The predicted octanol–water partition coefficient (Wildman–Crippen LogP) is 2.36. The molecule has 1 heterocycles. The van der Waals surface area contributed by atoms with E-state index in [0.717, 1.165) is 17.3 Å². The molecule has 3 aromatic rings. The summed E-state index contributed by atoms with van der Waals surface area (Å²) >= 11 is 0. The standard InChI is InChI=1S/C16H13N3O2S/c1-22(20,21)16-18-14-8-4-5-9-15(14)19(16)11-13-7-3-2-6-12(13)10-17/h2-9H,11H2,1H3. The molecule has 0 unspecified atom stereocenters. The fourth-order valence-electron chi connectivity index (χ4n) is 2.43. The highest BCUT2D eigenvalue weighted by atomic mass is 32.2. The third-order valence-corrected chi connectivity index (χ3v) is 4.39. The van der Waals surface area contributed by atoms with Gasteiger partial charge < -0.3 is 4.57 Å². The van der Waals surface area contributed by atoms with Crippen LogP contribution in [0.4, 0.5) is 0 Å². The molecule has 110 valence electrons. The van der Waals surface area contributed by atoms with Crippen LogP contribution in [0.25, 0.3) is 11.0 Å². The van der Waals surface area contributed by atoms with Crippen molar-refractivity contribution in [3.05, 3.63) is 59.7 Å². The Labute approximate surface area is 128 Å². The number of sulfone groups is 1. The number of benzene rings is 2. The Balaban J connectivity index is 2.24. The SMILES string of the molecule is CS(=O)(=O)c1nc2ccccc2n1Cc1ccccc1C#N. The maximum Gasteiger partial charge on any atom is 0.228 e. The quantitative estimate of drug-likeness (QED) is 0.744. The van der Waals surface area contributed by atoms with Crippen molar-refractivity contribution in [1.29, 1.82) is 5.26 Å². The van der Waals surface area contributed by atoms with Crippen LogP contribution in [0.5, 0.6) is 0 Å². The van der Waals surface area contributed by atoms with Gasteiger partial charge in [0.2, 0.25) is 15.0 Å². The first-order valence-corrected chi connectivity index (χ1v) is 8.53. The van der Waals surface area contributed by atoms with Gasteiger partial charge in [-0.15, -0.1) is 0 Å². The van der Waals surface area contributed by atoms with E-state index in [2.05, 4.69) is 11.1 Å². The molecule has 0 saturated carbocycles. The van der Waals surface area contributed by atoms with E-state index < -0.39 is 9.84 Å². The molecule has 2 aromatic carbocycles. The fourth-order valence-corrected chi connectivity index (χ4v) is 3.25. The molecule has 0 atom stereocenters. The smallest absolute Gasteiger partial charge is 0.228 e. The van der Waals surface area contributed by atoms with Crippen molar-refractivity contribution in [3.8, 4) is 6.07 Å². The molecule has 0 amide bonds. The summed E-state index contributed by atoms with van der Waals surface area (Å²) in [6.45, 7) is 0.284. The van der Waals surface area contributed by atoms with Crippen LogP contribution in [0, 0.1) is 11.3 Å². The molecule has 0 bridgehead atoms. The zero-order valence-electron chi connectivity index (χ0n) is 11.9. The molecule has 0 saturated heterocycles. The lowest BCUT2D eigenvalue weighted by molar-refractivity contribution is 0.581. The van der Waals surface area contributed by atoms with Crippen molar-refractivity contribution < 1.29 is 8.42 Å². The van der Waals surface area contributed by atoms with E-state index >= 15 is 0 Å². The Morgan fingerprint density at radius 1 is 1.14 bits per heavy atom. The van der Waals surface area contributed by atoms with Crippen molar-refractivity contribution in [2.24, 2.45) is 0 Å². The molecular formula is C16H13N3O2S. The minimum atomic E-state index is -3.47. The summed E-state index contributed by atoms with van der Waals surface area (Å²) in [5.74, 6) is 0. The van der Waals surface area contributed by atoms with Gasteiger partial charge in [0.15, 0.2) is 0 Å². The number of nitriles is 1. The average molecular weight is 311 g/mol. The second kappa shape index (κ2) is 5.28. The first kappa shape index (κ1) is 14.3. The highest BCUT2D eigenvalue weighted by molar-refractivity contribution is 7.90. The van der Waals surface area contributed by atoms with E-state index in [4.69, 9.17) is 0 Å². The van der Waals surface area contributed by atoms with E-state index in [-0.39, 0.29) is 11.7 Å². The summed E-state index contributed by atoms with van der Waals surface area (Å²) in [5, 5.41) is 9.21. The van der Waals surface area contributed by atoms with Crippen LogP contribution in [0.3, 0.4) is 0 Å². The maximum absolute atomic E-state index is 12.0. The van der Waals surface area contributed by atoms with Crippen molar-refractivity contribution in [2.45, 2.75) is 11.7 Å². The van der Waals surface area contributed by atoms with Gasteiger partial charge in [-0.25, -0.2) is 13.4 Å². The van der Waals surface area contributed by atoms with E-state index in [9.17, 15) is 13.7 Å². The van der Waals surface area contributed by atoms with Crippen LogP contribution in [0.15, 0.2) is 53.7 Å². The molecule has 0 aliphatic rings. The minimum absolute atomic E-state index is 0.0152. The van der Waals surface area contributed by atoms with Crippen LogP contribution >= 0.6 is 0 Å². The van der Waals surface area contributed by atoms with Gasteiger partial charge in [-0.3, -0.25) is 0 Å². The van der Waals surface area contributed by atoms with Crippen molar-refractivity contribution >= 4 is 20.9 Å². The lowest BCUT2D eigenvalue weighted by atomic mass is 10.1. The van der Waals surface area contributed by atoms with Crippen LogP contribution in [-0.4, -0.2) is 24.2 Å². The molecule has 5 nitrogen and oxygen atoms in total. The molecule has 1 aromatic heterocycles. The molecule has 0 aliphatic heterocycles. The molecule has 0 fully saturated rings. The number of para-hydroxylation sites is 2.